The number of halogens is 3. The minimum atomic E-state index is -3.03. The summed E-state index contributed by atoms with van der Waals surface area (Å²) in [7, 11) is 0. The first-order valence-electron chi connectivity index (χ1n) is 3.31. The first-order chi connectivity index (χ1) is 6.09. The van der Waals surface area contributed by atoms with Crippen molar-refractivity contribution in [3.63, 3.8) is 0 Å². The Bertz CT molecular complexity index is 319. The van der Waals surface area contributed by atoms with Crippen LogP contribution in [0.15, 0.2) is 22.8 Å². The molecule has 3 nitrogen and oxygen atoms in total. The molecule has 0 saturated heterocycles. The smallest absolute Gasteiger partial charge is 0.306 e. The van der Waals surface area contributed by atoms with Crippen molar-refractivity contribution in [2.45, 2.75) is 6.43 Å². The average Bonchev–Trinajstić information content (AvgIpc) is 2.04. The van der Waals surface area contributed by atoms with E-state index in [1.54, 1.807) is 12.1 Å². The van der Waals surface area contributed by atoms with Gasteiger partial charge in [0.1, 0.15) is 10.4 Å². The standard InChI is InChI=1S/C7H5BrF2N2O/c8-4-2-1-3-5(11-4)12-7(13)6(9)10/h1-3,6H,(H,11,12,13). The molecule has 1 heterocycles. The summed E-state index contributed by atoms with van der Waals surface area (Å²) in [6, 6.07) is 4.63. The van der Waals surface area contributed by atoms with Crippen molar-refractivity contribution in [1.82, 2.24) is 4.98 Å². The van der Waals surface area contributed by atoms with Crippen molar-refractivity contribution in [3.8, 4) is 0 Å². The Morgan fingerprint density at radius 1 is 1.54 bits per heavy atom. The van der Waals surface area contributed by atoms with Crippen LogP contribution < -0.4 is 5.32 Å². The van der Waals surface area contributed by atoms with Gasteiger partial charge in [0.2, 0.25) is 0 Å². The molecule has 0 aliphatic rings. The Morgan fingerprint density at radius 2 is 2.23 bits per heavy atom. The fourth-order valence-corrected chi connectivity index (χ4v) is 1.00. The molecule has 1 rings (SSSR count). The number of carbonyl (C=O) groups excluding carboxylic acids is 1. The van der Waals surface area contributed by atoms with E-state index in [1.165, 1.54) is 6.07 Å². The molecule has 0 aliphatic carbocycles. The van der Waals surface area contributed by atoms with Gasteiger partial charge in [0.15, 0.2) is 0 Å². The van der Waals surface area contributed by atoms with E-state index in [0.29, 0.717) is 4.60 Å². The van der Waals surface area contributed by atoms with Gasteiger partial charge in [-0.15, -0.1) is 0 Å². The van der Waals surface area contributed by atoms with Crippen LogP contribution in [0.1, 0.15) is 0 Å². The zero-order valence-electron chi connectivity index (χ0n) is 6.30. The third kappa shape index (κ3) is 3.06. The monoisotopic (exact) mass is 250 g/mol. The maximum Gasteiger partial charge on any atom is 0.315 e. The summed E-state index contributed by atoms with van der Waals surface area (Å²) in [5, 5.41) is 1.95. The molecule has 1 amide bonds. The van der Waals surface area contributed by atoms with Gasteiger partial charge in [0.25, 0.3) is 5.91 Å². The lowest BCUT2D eigenvalue weighted by Crippen LogP contribution is -2.20. The highest BCUT2D eigenvalue weighted by Crippen LogP contribution is 2.10. The summed E-state index contributed by atoms with van der Waals surface area (Å²) in [5.74, 6) is -1.26. The molecule has 0 atom stereocenters. The SMILES string of the molecule is O=C(Nc1cccc(Br)n1)C(F)F. The van der Waals surface area contributed by atoms with Crippen LogP contribution in [-0.2, 0) is 4.79 Å². The highest BCUT2D eigenvalue weighted by molar-refractivity contribution is 9.10. The van der Waals surface area contributed by atoms with Crippen LogP contribution in [0.3, 0.4) is 0 Å². The Hall–Kier alpha value is -1.04. The number of pyridine rings is 1. The molecule has 0 bridgehead atoms. The quantitative estimate of drug-likeness (QED) is 0.817. The third-order valence-electron chi connectivity index (χ3n) is 1.16. The molecule has 1 aromatic rings. The van der Waals surface area contributed by atoms with E-state index in [9.17, 15) is 13.6 Å². The molecule has 0 aromatic carbocycles. The average molecular weight is 251 g/mol. The zero-order valence-corrected chi connectivity index (χ0v) is 7.88. The zero-order chi connectivity index (χ0) is 9.84. The van der Waals surface area contributed by atoms with Gasteiger partial charge in [-0.2, -0.15) is 8.78 Å². The number of amides is 1. The molecular weight excluding hydrogens is 246 g/mol. The van der Waals surface area contributed by atoms with Gasteiger partial charge in [-0.1, -0.05) is 6.07 Å². The van der Waals surface area contributed by atoms with Crippen LogP contribution in [0.5, 0.6) is 0 Å². The Morgan fingerprint density at radius 3 is 2.77 bits per heavy atom. The van der Waals surface area contributed by atoms with E-state index >= 15 is 0 Å². The van der Waals surface area contributed by atoms with E-state index in [2.05, 4.69) is 20.9 Å². The predicted molar refractivity (Wildman–Crippen MR) is 46.6 cm³/mol. The largest absolute Gasteiger partial charge is 0.315 e. The molecule has 0 saturated carbocycles. The number of hydrogen-bond acceptors (Lipinski definition) is 2. The third-order valence-corrected chi connectivity index (χ3v) is 1.61. The molecule has 0 unspecified atom stereocenters. The van der Waals surface area contributed by atoms with E-state index in [0.717, 1.165) is 0 Å². The lowest BCUT2D eigenvalue weighted by atomic mass is 10.4. The van der Waals surface area contributed by atoms with Gasteiger partial charge in [0.05, 0.1) is 0 Å². The Balaban J connectivity index is 2.69. The topological polar surface area (TPSA) is 42.0 Å². The highest BCUT2D eigenvalue weighted by Gasteiger charge is 2.15. The fourth-order valence-electron chi connectivity index (χ4n) is 0.659. The number of alkyl halides is 2. The number of nitrogens with one attached hydrogen (secondary N) is 1. The molecule has 0 fully saturated rings. The Kier molecular flexibility index (Phi) is 3.30. The van der Waals surface area contributed by atoms with E-state index in [4.69, 9.17) is 0 Å². The number of hydrogen-bond donors (Lipinski definition) is 1. The first-order valence-corrected chi connectivity index (χ1v) is 4.10. The van der Waals surface area contributed by atoms with Gasteiger partial charge in [-0.3, -0.25) is 4.79 Å². The summed E-state index contributed by atoms with van der Waals surface area (Å²) >= 11 is 3.04. The number of carbonyl (C=O) groups is 1. The molecule has 0 radical (unpaired) electrons. The molecule has 1 aromatic heterocycles. The van der Waals surface area contributed by atoms with Crippen LogP contribution in [-0.4, -0.2) is 17.3 Å². The second kappa shape index (κ2) is 4.27. The minimum absolute atomic E-state index is 0.0969. The van der Waals surface area contributed by atoms with Gasteiger partial charge >= 0.3 is 6.43 Å². The van der Waals surface area contributed by atoms with Gasteiger partial charge in [-0.25, -0.2) is 4.98 Å². The van der Waals surface area contributed by atoms with Crippen molar-refractivity contribution in [2.75, 3.05) is 5.32 Å². The van der Waals surface area contributed by atoms with Crippen LogP contribution in [0.2, 0.25) is 0 Å². The van der Waals surface area contributed by atoms with Gasteiger partial charge in [-0.05, 0) is 28.1 Å². The number of rotatable bonds is 2. The summed E-state index contributed by atoms with van der Waals surface area (Å²) < 4.78 is 24.0. The number of aromatic nitrogens is 1. The molecule has 0 spiro atoms. The normalized spacial score (nSPS) is 10.2. The summed E-state index contributed by atoms with van der Waals surface area (Å²) in [5.41, 5.74) is 0. The molecule has 6 heteroatoms. The molecule has 13 heavy (non-hydrogen) atoms. The maximum atomic E-state index is 11.8. The maximum absolute atomic E-state index is 11.8. The number of nitrogens with zero attached hydrogens (tertiary/aromatic N) is 1. The second-order valence-electron chi connectivity index (χ2n) is 2.14. The lowest BCUT2D eigenvalue weighted by Gasteiger charge is -2.02. The van der Waals surface area contributed by atoms with Crippen molar-refractivity contribution >= 4 is 27.7 Å². The van der Waals surface area contributed by atoms with E-state index in [1.807, 2.05) is 5.32 Å². The van der Waals surface area contributed by atoms with Crippen LogP contribution in [0.4, 0.5) is 14.6 Å². The molecular formula is C7H5BrF2N2O. The highest BCUT2D eigenvalue weighted by atomic mass is 79.9. The van der Waals surface area contributed by atoms with Crippen LogP contribution >= 0.6 is 15.9 Å². The van der Waals surface area contributed by atoms with E-state index in [-0.39, 0.29) is 5.82 Å². The summed E-state index contributed by atoms with van der Waals surface area (Å²) in [6.07, 6.45) is -3.03. The van der Waals surface area contributed by atoms with Crippen molar-refractivity contribution < 1.29 is 13.6 Å². The molecule has 0 aliphatic heterocycles. The minimum Gasteiger partial charge on any atom is -0.306 e. The van der Waals surface area contributed by atoms with Crippen LogP contribution in [0, 0.1) is 0 Å². The van der Waals surface area contributed by atoms with Crippen molar-refractivity contribution in [3.05, 3.63) is 22.8 Å². The van der Waals surface area contributed by atoms with E-state index < -0.39 is 12.3 Å². The molecule has 1 N–H and O–H groups in total. The fraction of sp³-hybridized carbons (Fsp3) is 0.143. The van der Waals surface area contributed by atoms with Gasteiger partial charge < -0.3 is 5.32 Å². The summed E-state index contributed by atoms with van der Waals surface area (Å²) in [6.45, 7) is 0. The van der Waals surface area contributed by atoms with Crippen molar-refractivity contribution in [1.29, 1.82) is 0 Å². The Labute approximate surface area is 81.3 Å². The summed E-state index contributed by atoms with van der Waals surface area (Å²) in [4.78, 5) is 14.3. The molecule has 70 valence electrons. The van der Waals surface area contributed by atoms with Gasteiger partial charge in [0, 0.05) is 0 Å². The second-order valence-corrected chi connectivity index (χ2v) is 2.95. The van der Waals surface area contributed by atoms with Crippen LogP contribution in [0.25, 0.3) is 0 Å². The lowest BCUT2D eigenvalue weighted by molar-refractivity contribution is -0.126. The van der Waals surface area contributed by atoms with Crippen molar-refractivity contribution in [2.24, 2.45) is 0 Å². The predicted octanol–water partition coefficient (Wildman–Crippen LogP) is 2.05. The first kappa shape index (κ1) is 10.0. The number of anilines is 1.